The first kappa shape index (κ1) is 20.3. The van der Waals surface area contributed by atoms with Crippen LogP contribution in [-0.4, -0.2) is 33.8 Å². The van der Waals surface area contributed by atoms with Crippen molar-refractivity contribution in [3.8, 4) is 5.75 Å². The molecule has 1 amide bonds. The number of halogens is 1. The van der Waals surface area contributed by atoms with Gasteiger partial charge in [-0.2, -0.15) is 0 Å². The maximum Gasteiger partial charge on any atom is 0.295 e. The molecule has 0 bridgehead atoms. The molecule has 1 N–H and O–H groups in total. The third kappa shape index (κ3) is 3.77. The number of ketones is 1. The second-order valence-corrected chi connectivity index (χ2v) is 7.05. The van der Waals surface area contributed by atoms with Crippen molar-refractivity contribution >= 4 is 17.4 Å². The van der Waals surface area contributed by atoms with Crippen molar-refractivity contribution in [1.82, 2.24) is 9.88 Å². The lowest BCUT2D eigenvalue weighted by Gasteiger charge is -2.25. The Kier molecular flexibility index (Phi) is 5.49. The second kappa shape index (κ2) is 8.39. The number of carbonyl (C=O) groups is 2. The summed E-state index contributed by atoms with van der Waals surface area (Å²) in [5.74, 6) is -2.69. The Morgan fingerprint density at radius 3 is 2.55 bits per heavy atom. The van der Waals surface area contributed by atoms with Crippen LogP contribution < -0.4 is 4.74 Å². The molecule has 31 heavy (non-hydrogen) atoms. The lowest BCUT2D eigenvalue weighted by Crippen LogP contribution is -2.29. The van der Waals surface area contributed by atoms with E-state index in [2.05, 4.69) is 4.98 Å². The highest BCUT2D eigenvalue weighted by atomic mass is 19.1. The Morgan fingerprint density at radius 1 is 1.13 bits per heavy atom. The summed E-state index contributed by atoms with van der Waals surface area (Å²) in [6.07, 6.45) is 3.23. The van der Waals surface area contributed by atoms with Crippen molar-refractivity contribution in [3.63, 3.8) is 0 Å². The standard InChI is InChI=1S/C24H19FN2O4/c1-31-19-10-9-17(12-18(19)25)22(28)20-21(16-7-3-2-4-8-16)27(24(30)23(20)29)14-15-6-5-11-26-13-15/h2-13,21,28H,14H2,1H3/t21-/m1/s1. The molecule has 0 spiro atoms. The molecule has 7 heteroatoms. The van der Waals surface area contributed by atoms with Crippen molar-refractivity contribution in [2.75, 3.05) is 7.11 Å². The molecule has 156 valence electrons. The second-order valence-electron chi connectivity index (χ2n) is 7.05. The number of hydrogen-bond donors (Lipinski definition) is 1. The number of hydrogen-bond acceptors (Lipinski definition) is 5. The summed E-state index contributed by atoms with van der Waals surface area (Å²) in [7, 11) is 1.33. The zero-order valence-corrected chi connectivity index (χ0v) is 16.7. The van der Waals surface area contributed by atoms with Crippen LogP contribution in [0.5, 0.6) is 5.75 Å². The van der Waals surface area contributed by atoms with Gasteiger partial charge in [0.15, 0.2) is 11.6 Å². The number of carbonyl (C=O) groups excluding carboxylic acids is 2. The number of pyridine rings is 1. The minimum atomic E-state index is -0.827. The Hall–Kier alpha value is -4.00. The van der Waals surface area contributed by atoms with E-state index in [-0.39, 0.29) is 23.4 Å². The number of amides is 1. The smallest absolute Gasteiger partial charge is 0.295 e. The van der Waals surface area contributed by atoms with Crippen LogP contribution >= 0.6 is 0 Å². The minimum absolute atomic E-state index is 0.00758. The van der Waals surface area contributed by atoms with Crippen molar-refractivity contribution in [1.29, 1.82) is 0 Å². The number of Topliss-reactive ketones (excluding diaryl/α,β-unsaturated/α-hetero) is 1. The van der Waals surface area contributed by atoms with Gasteiger partial charge in [-0.1, -0.05) is 36.4 Å². The van der Waals surface area contributed by atoms with Crippen molar-refractivity contribution < 1.29 is 23.8 Å². The zero-order chi connectivity index (χ0) is 22.0. The maximum atomic E-state index is 14.2. The van der Waals surface area contributed by atoms with Crippen LogP contribution in [0.1, 0.15) is 22.7 Å². The lowest BCUT2D eigenvalue weighted by molar-refractivity contribution is -0.140. The van der Waals surface area contributed by atoms with Gasteiger partial charge < -0.3 is 14.7 Å². The molecule has 4 rings (SSSR count). The molecule has 2 heterocycles. The van der Waals surface area contributed by atoms with Gasteiger partial charge in [0.1, 0.15) is 5.76 Å². The molecule has 0 saturated carbocycles. The molecule has 6 nitrogen and oxygen atoms in total. The lowest BCUT2D eigenvalue weighted by atomic mass is 9.95. The minimum Gasteiger partial charge on any atom is -0.507 e. The number of aromatic nitrogens is 1. The molecule has 1 saturated heterocycles. The van der Waals surface area contributed by atoms with Gasteiger partial charge in [0.2, 0.25) is 0 Å². The first-order valence-electron chi connectivity index (χ1n) is 9.57. The predicted octanol–water partition coefficient (Wildman–Crippen LogP) is 3.85. The van der Waals surface area contributed by atoms with Gasteiger partial charge in [-0.25, -0.2) is 4.39 Å². The van der Waals surface area contributed by atoms with Gasteiger partial charge in [0, 0.05) is 24.5 Å². The van der Waals surface area contributed by atoms with Crippen LogP contribution in [0.15, 0.2) is 78.6 Å². The van der Waals surface area contributed by atoms with Crippen molar-refractivity contribution in [2.24, 2.45) is 0 Å². The summed E-state index contributed by atoms with van der Waals surface area (Å²) >= 11 is 0. The number of ether oxygens (including phenoxy) is 1. The van der Waals surface area contributed by atoms with Gasteiger partial charge >= 0.3 is 0 Å². The molecule has 0 radical (unpaired) electrons. The van der Waals surface area contributed by atoms with Crippen LogP contribution in [0, 0.1) is 5.82 Å². The number of rotatable bonds is 5. The van der Waals surface area contributed by atoms with E-state index in [9.17, 15) is 19.1 Å². The maximum absolute atomic E-state index is 14.2. The summed E-state index contributed by atoms with van der Waals surface area (Å²) in [5, 5.41) is 11.0. The Morgan fingerprint density at radius 2 is 1.90 bits per heavy atom. The molecule has 1 atom stereocenters. The quantitative estimate of drug-likeness (QED) is 0.387. The van der Waals surface area contributed by atoms with Crippen LogP contribution in [0.2, 0.25) is 0 Å². The highest BCUT2D eigenvalue weighted by Crippen LogP contribution is 2.40. The highest BCUT2D eigenvalue weighted by Gasteiger charge is 2.46. The average molecular weight is 418 g/mol. The first-order valence-corrected chi connectivity index (χ1v) is 9.57. The summed E-state index contributed by atoms with van der Waals surface area (Å²) in [5.41, 5.74) is 1.38. The van der Waals surface area contributed by atoms with Crippen LogP contribution in [0.25, 0.3) is 5.76 Å². The molecular formula is C24H19FN2O4. The molecule has 1 fully saturated rings. The zero-order valence-electron chi connectivity index (χ0n) is 16.7. The number of methoxy groups -OCH3 is 1. The molecule has 1 aliphatic rings. The van der Waals surface area contributed by atoms with Crippen molar-refractivity contribution in [3.05, 3.63) is 101 Å². The highest BCUT2D eigenvalue weighted by molar-refractivity contribution is 6.46. The van der Waals surface area contributed by atoms with E-state index in [1.165, 1.54) is 24.1 Å². The summed E-state index contributed by atoms with van der Waals surface area (Å²) < 4.78 is 19.1. The van der Waals surface area contributed by atoms with Crippen LogP contribution in [0.3, 0.4) is 0 Å². The third-order valence-electron chi connectivity index (χ3n) is 5.16. The first-order chi connectivity index (χ1) is 15.0. The van der Waals surface area contributed by atoms with E-state index in [1.807, 2.05) is 6.07 Å². The van der Waals surface area contributed by atoms with Gasteiger partial charge in [0.05, 0.1) is 18.7 Å². The Bertz CT molecular complexity index is 1160. The van der Waals surface area contributed by atoms with Crippen LogP contribution in [-0.2, 0) is 16.1 Å². The Balaban J connectivity index is 1.85. The van der Waals surface area contributed by atoms with E-state index in [1.54, 1.807) is 48.8 Å². The number of nitrogens with zero attached hydrogens (tertiary/aromatic N) is 2. The molecular weight excluding hydrogens is 399 g/mol. The monoisotopic (exact) mass is 418 g/mol. The SMILES string of the molecule is COc1ccc(C(O)=C2C(=O)C(=O)N(Cc3cccnc3)[C@@H]2c2ccccc2)cc1F. The number of aliphatic hydroxyl groups excluding tert-OH is 1. The molecule has 1 aliphatic heterocycles. The fourth-order valence-electron chi connectivity index (χ4n) is 3.68. The topological polar surface area (TPSA) is 79.7 Å². The van der Waals surface area contributed by atoms with Gasteiger partial charge in [0.25, 0.3) is 11.7 Å². The number of likely N-dealkylation sites (tertiary alicyclic amines) is 1. The molecule has 0 aliphatic carbocycles. The van der Waals surface area contributed by atoms with E-state index in [0.717, 1.165) is 11.6 Å². The van der Waals surface area contributed by atoms with Gasteiger partial charge in [-0.3, -0.25) is 14.6 Å². The largest absolute Gasteiger partial charge is 0.507 e. The van der Waals surface area contributed by atoms with Gasteiger partial charge in [-0.05, 0) is 35.4 Å². The summed E-state index contributed by atoms with van der Waals surface area (Å²) in [4.78, 5) is 31.3. The third-order valence-corrected chi connectivity index (χ3v) is 5.16. The van der Waals surface area contributed by atoms with E-state index in [4.69, 9.17) is 4.74 Å². The summed E-state index contributed by atoms with van der Waals surface area (Å²) in [6.45, 7) is 0.131. The molecule has 3 aromatic rings. The molecule has 0 unspecified atom stereocenters. The number of benzene rings is 2. The fourth-order valence-corrected chi connectivity index (χ4v) is 3.68. The van der Waals surface area contributed by atoms with E-state index < -0.39 is 29.3 Å². The Labute approximate surface area is 178 Å². The number of aliphatic hydroxyl groups is 1. The fraction of sp³-hybridized carbons (Fsp3) is 0.125. The normalized spacial score (nSPS) is 17.7. The molecule has 2 aromatic carbocycles. The summed E-state index contributed by atoms with van der Waals surface area (Å²) in [6, 6.07) is 15.5. The van der Waals surface area contributed by atoms with Crippen molar-refractivity contribution in [2.45, 2.75) is 12.6 Å². The van der Waals surface area contributed by atoms with Gasteiger partial charge in [-0.15, -0.1) is 0 Å². The molecule has 1 aromatic heterocycles. The predicted molar refractivity (Wildman–Crippen MR) is 111 cm³/mol. The van der Waals surface area contributed by atoms with E-state index >= 15 is 0 Å². The van der Waals surface area contributed by atoms with Crippen LogP contribution in [0.4, 0.5) is 4.39 Å². The van der Waals surface area contributed by atoms with E-state index in [0.29, 0.717) is 5.56 Å². The average Bonchev–Trinajstić information content (AvgIpc) is 3.04.